The zero-order valence-electron chi connectivity index (χ0n) is 63.4. The van der Waals surface area contributed by atoms with E-state index in [4.69, 9.17) is 29.9 Å². The van der Waals surface area contributed by atoms with Crippen LogP contribution in [0, 0.1) is 0 Å². The Morgan fingerprint density at radius 3 is 0.638 bits per heavy atom. The molecule has 544 valence electrons. The molecule has 4 aromatic heterocycles. The van der Waals surface area contributed by atoms with Crippen LogP contribution in [0.1, 0.15) is 0 Å². The summed E-state index contributed by atoms with van der Waals surface area (Å²) in [5.41, 5.74) is 34.0. The van der Waals surface area contributed by atoms with Crippen molar-refractivity contribution in [2.24, 2.45) is 0 Å². The van der Waals surface area contributed by atoms with Gasteiger partial charge in [0, 0.05) is 55.3 Å². The molecule has 0 fully saturated rings. The van der Waals surface area contributed by atoms with Gasteiger partial charge in [0.2, 0.25) is 0 Å². The molecule has 4 heterocycles. The van der Waals surface area contributed by atoms with E-state index >= 15 is 0 Å². The summed E-state index contributed by atoms with van der Waals surface area (Å²) < 4.78 is 0. The van der Waals surface area contributed by atoms with Gasteiger partial charge in [0.15, 0.2) is 11.6 Å². The van der Waals surface area contributed by atoms with Crippen molar-refractivity contribution in [3.8, 4) is 179 Å². The maximum Gasteiger partial charge on any atom is 0.160 e. The lowest BCUT2D eigenvalue weighted by atomic mass is 9.93. The lowest BCUT2D eigenvalue weighted by Gasteiger charge is -2.14. The van der Waals surface area contributed by atoms with Crippen LogP contribution in [0.4, 0.5) is 0 Å². The second-order valence-electron chi connectivity index (χ2n) is 28.9. The van der Waals surface area contributed by atoms with Gasteiger partial charge in [-0.3, -0.25) is 0 Å². The number of pyridine rings is 2. The van der Waals surface area contributed by atoms with Gasteiger partial charge in [-0.2, -0.15) is 0 Å². The highest BCUT2D eigenvalue weighted by atomic mass is 14.9. The van der Waals surface area contributed by atoms with Crippen molar-refractivity contribution in [3.63, 3.8) is 0 Å². The zero-order chi connectivity index (χ0) is 77.4. The first-order chi connectivity index (χ1) is 57.4. The first-order valence-corrected chi connectivity index (χ1v) is 39.2. The van der Waals surface area contributed by atoms with Crippen LogP contribution in [0.3, 0.4) is 0 Å². The van der Waals surface area contributed by atoms with Crippen LogP contribution in [0.25, 0.3) is 201 Å². The van der Waals surface area contributed by atoms with Gasteiger partial charge >= 0.3 is 0 Å². The smallest absolute Gasteiger partial charge is 0.160 e. The number of benzene rings is 16. The molecule has 0 radical (unpaired) electrons. The Balaban J connectivity index is 0.000000155. The molecule has 6 nitrogen and oxygen atoms in total. The van der Waals surface area contributed by atoms with Crippen molar-refractivity contribution in [2.45, 2.75) is 0 Å². The van der Waals surface area contributed by atoms with Crippen LogP contribution in [-0.4, -0.2) is 29.9 Å². The highest BCUT2D eigenvalue weighted by molar-refractivity contribution is 6.01. The lowest BCUT2D eigenvalue weighted by molar-refractivity contribution is 1.18. The van der Waals surface area contributed by atoms with Gasteiger partial charge in [-0.25, -0.2) is 29.9 Å². The van der Waals surface area contributed by atoms with E-state index in [0.717, 1.165) is 145 Å². The van der Waals surface area contributed by atoms with Crippen LogP contribution in [-0.2, 0) is 0 Å². The summed E-state index contributed by atoms with van der Waals surface area (Å²) in [6.45, 7) is 0. The fraction of sp³-hybridized carbons (Fsp3) is 0. The molecule has 0 aliphatic carbocycles. The van der Waals surface area contributed by atoms with E-state index in [1.165, 1.54) is 44.5 Å². The van der Waals surface area contributed by atoms with Crippen LogP contribution >= 0.6 is 0 Å². The van der Waals surface area contributed by atoms with Crippen LogP contribution < -0.4 is 0 Å². The second kappa shape index (κ2) is 32.4. The van der Waals surface area contributed by atoms with Gasteiger partial charge in [0.25, 0.3) is 0 Å². The van der Waals surface area contributed by atoms with E-state index in [2.05, 4.69) is 364 Å². The van der Waals surface area contributed by atoms with Gasteiger partial charge in [-0.15, -0.1) is 0 Å². The minimum atomic E-state index is 0.677. The highest BCUT2D eigenvalue weighted by Gasteiger charge is 2.19. The van der Waals surface area contributed by atoms with E-state index in [1.807, 2.05) is 84.9 Å². The zero-order valence-corrected chi connectivity index (χ0v) is 63.4. The Labute approximate surface area is 675 Å². The van der Waals surface area contributed by atoms with E-state index in [-0.39, 0.29) is 0 Å². The van der Waals surface area contributed by atoms with Gasteiger partial charge in [-0.1, -0.05) is 394 Å². The number of nitrogens with zero attached hydrogens (tertiary/aromatic N) is 6. The summed E-state index contributed by atoms with van der Waals surface area (Å²) in [6, 6.07) is 157. The Hall–Kier alpha value is -15.5. The molecule has 0 saturated carbocycles. The Kier molecular flexibility index (Phi) is 19.8. The third-order valence-electron chi connectivity index (χ3n) is 21.5. The number of rotatable bonds is 16. The molecule has 0 unspecified atom stereocenters. The van der Waals surface area contributed by atoms with Crippen LogP contribution in [0.15, 0.2) is 449 Å². The number of fused-ring (bicyclic) bond motifs is 2. The summed E-state index contributed by atoms with van der Waals surface area (Å²) in [5, 5.41) is 2.17. The summed E-state index contributed by atoms with van der Waals surface area (Å²) in [5.74, 6) is 1.36. The average molecular weight is 1480 g/mol. The fourth-order valence-corrected chi connectivity index (χ4v) is 15.3. The summed E-state index contributed by atoms with van der Waals surface area (Å²) in [4.78, 5) is 31.0. The minimum Gasteiger partial charge on any atom is -0.248 e. The normalized spacial score (nSPS) is 11.1. The van der Waals surface area contributed by atoms with E-state index in [0.29, 0.717) is 11.6 Å². The molecule has 16 aromatic carbocycles. The molecule has 0 spiro atoms. The molecule has 0 bridgehead atoms. The molecular formula is C110H74N6. The molecule has 20 aromatic rings. The maximum atomic E-state index is 5.27. The minimum absolute atomic E-state index is 0.677. The maximum absolute atomic E-state index is 5.27. The van der Waals surface area contributed by atoms with Gasteiger partial charge < -0.3 is 0 Å². The van der Waals surface area contributed by atoms with Crippen molar-refractivity contribution in [3.05, 3.63) is 449 Å². The van der Waals surface area contributed by atoms with Gasteiger partial charge in [0.1, 0.15) is 0 Å². The third-order valence-corrected chi connectivity index (χ3v) is 21.5. The molecule has 6 heteroatoms. The van der Waals surface area contributed by atoms with Crippen LogP contribution in [0.2, 0.25) is 0 Å². The quantitative estimate of drug-likeness (QED) is 0.0959. The molecule has 0 saturated heterocycles. The van der Waals surface area contributed by atoms with Gasteiger partial charge in [0.05, 0.1) is 45.2 Å². The molecule has 0 aliphatic heterocycles. The molecule has 0 N–H and O–H groups in total. The lowest BCUT2D eigenvalue weighted by Crippen LogP contribution is -1.96. The Bertz CT molecular complexity index is 6700. The molecular weight excluding hydrogens is 1410 g/mol. The standard InChI is InChI=1S/2C55H37N3/c1-5-14-38(15-6-1)40-24-26-42(27-25-40)46-32-33-51-50(35-46)49(36-52(56-51)45-30-28-41(29-31-45)39-16-7-2-8-17-39)47-22-13-23-48(34-47)55-57-53(43-18-9-3-10-19-43)37-54(58-55)44-20-11-4-12-21-44;1-5-13-38(14-6-1)40-21-23-42(24-22-40)48-33-34-51-50(35-48)49(36-52(56-51)46-29-25-41(26-30-46)39-15-7-2-8-16-39)43-27-31-47(32-28-43)55-57-53(44-17-9-3-10-18-44)37-54(58-55)45-19-11-4-12-20-45/h2*1-37H. The third kappa shape index (κ3) is 15.4. The van der Waals surface area contributed by atoms with Crippen molar-refractivity contribution in [1.29, 1.82) is 0 Å². The molecule has 0 aliphatic rings. The Morgan fingerprint density at radius 2 is 0.319 bits per heavy atom. The largest absolute Gasteiger partial charge is 0.248 e. The van der Waals surface area contributed by atoms with Crippen LogP contribution in [0.5, 0.6) is 0 Å². The summed E-state index contributed by atoms with van der Waals surface area (Å²) >= 11 is 0. The fourth-order valence-electron chi connectivity index (χ4n) is 15.3. The predicted molar refractivity (Wildman–Crippen MR) is 482 cm³/mol. The second-order valence-corrected chi connectivity index (χ2v) is 28.9. The van der Waals surface area contributed by atoms with Crippen molar-refractivity contribution >= 4 is 21.8 Å². The molecule has 116 heavy (non-hydrogen) atoms. The van der Waals surface area contributed by atoms with E-state index < -0.39 is 0 Å². The topological polar surface area (TPSA) is 77.3 Å². The molecule has 20 rings (SSSR count). The highest BCUT2D eigenvalue weighted by Crippen LogP contribution is 2.41. The number of hydrogen-bond acceptors (Lipinski definition) is 6. The monoisotopic (exact) mass is 1480 g/mol. The summed E-state index contributed by atoms with van der Waals surface area (Å²) in [6.07, 6.45) is 0. The van der Waals surface area contributed by atoms with Crippen molar-refractivity contribution < 1.29 is 0 Å². The summed E-state index contributed by atoms with van der Waals surface area (Å²) in [7, 11) is 0. The van der Waals surface area contributed by atoms with Crippen molar-refractivity contribution in [1.82, 2.24) is 29.9 Å². The van der Waals surface area contributed by atoms with E-state index in [9.17, 15) is 0 Å². The van der Waals surface area contributed by atoms with Gasteiger partial charge in [-0.05, 0) is 144 Å². The Morgan fingerprint density at radius 1 is 0.112 bits per heavy atom. The SMILES string of the molecule is c1ccc(-c2ccc(-c3ccc4nc(-c5ccc(-c6ccccc6)cc5)cc(-c5ccc(-c6nc(-c7ccccc7)cc(-c7ccccc7)n6)cc5)c4c3)cc2)cc1.c1ccc(-c2ccc(-c3ccc4nc(-c5ccc(-c6ccccc6)cc5)cc(-c5cccc(-c6nc(-c7ccccc7)cc(-c7ccccc7)n6)c5)c4c3)cc2)cc1. The predicted octanol–water partition coefficient (Wildman–Crippen LogP) is 28.7. The number of aromatic nitrogens is 6. The van der Waals surface area contributed by atoms with Crippen molar-refractivity contribution in [2.75, 3.05) is 0 Å². The first-order valence-electron chi connectivity index (χ1n) is 39.2. The molecule has 0 atom stereocenters. The first kappa shape index (κ1) is 70.9. The average Bonchev–Trinajstić information content (AvgIpc) is 0.760. The molecule has 0 amide bonds. The van der Waals surface area contributed by atoms with E-state index in [1.54, 1.807) is 0 Å². The number of hydrogen-bond donors (Lipinski definition) is 0.